The van der Waals surface area contributed by atoms with Gasteiger partial charge in [0.25, 0.3) is 0 Å². The Bertz CT molecular complexity index is 1160. The van der Waals surface area contributed by atoms with E-state index in [0.29, 0.717) is 29.4 Å². The van der Waals surface area contributed by atoms with Gasteiger partial charge in [0.1, 0.15) is 11.4 Å². The molecule has 0 unspecified atom stereocenters. The van der Waals surface area contributed by atoms with Crippen molar-refractivity contribution in [2.75, 3.05) is 13.2 Å². The van der Waals surface area contributed by atoms with Gasteiger partial charge >= 0.3 is 12.1 Å². The van der Waals surface area contributed by atoms with Crippen molar-refractivity contribution in [1.29, 1.82) is 0 Å². The van der Waals surface area contributed by atoms with Crippen LogP contribution in [0.25, 0.3) is 11.3 Å². The Morgan fingerprint density at radius 3 is 2.71 bits per heavy atom. The highest BCUT2D eigenvalue weighted by molar-refractivity contribution is 6.32. The van der Waals surface area contributed by atoms with Crippen molar-refractivity contribution in [3.8, 4) is 17.0 Å². The summed E-state index contributed by atoms with van der Waals surface area (Å²) in [4.78, 5) is 11.9. The van der Waals surface area contributed by atoms with E-state index in [0.717, 1.165) is 24.0 Å². The van der Waals surface area contributed by atoms with E-state index in [-0.39, 0.29) is 36.2 Å². The van der Waals surface area contributed by atoms with Gasteiger partial charge in [-0.15, -0.1) is 0 Å². The first-order valence-electron chi connectivity index (χ1n) is 11.1. The Balaban J connectivity index is 1.49. The molecule has 34 heavy (non-hydrogen) atoms. The number of halogens is 4. The highest BCUT2D eigenvalue weighted by Crippen LogP contribution is 2.41. The second kappa shape index (κ2) is 10.1. The molecule has 1 N–H and O–H groups in total. The van der Waals surface area contributed by atoms with Crippen LogP contribution in [0.15, 0.2) is 42.5 Å². The summed E-state index contributed by atoms with van der Waals surface area (Å²) in [5.41, 5.74) is 2.03. The maximum atomic E-state index is 13.6. The number of esters is 1. The number of fused-ring (bicyclic) bond motifs is 1. The van der Waals surface area contributed by atoms with Crippen LogP contribution in [-0.2, 0) is 28.5 Å². The number of alkyl halides is 3. The fourth-order valence-electron chi connectivity index (χ4n) is 4.38. The smallest absolute Gasteiger partial charge is 0.433 e. The average Bonchev–Trinajstić information content (AvgIpc) is 3.39. The van der Waals surface area contributed by atoms with Gasteiger partial charge in [0.15, 0.2) is 0 Å². The standard InChI is InChI=1S/C25H24ClF3N2O3/c1-2-33-22(32)13-17-9-8-16-12-21(20(26)14-19(16)17)34-11-10-18-23(15-6-4-3-5-7-15)30-31-24(18)25(27,28)29/h3-7,12,14,17H,2,8-11,13H2,1H3,(H,30,31)/t17-/m0/s1. The van der Waals surface area contributed by atoms with Crippen LogP contribution in [-0.4, -0.2) is 29.4 Å². The molecule has 0 spiro atoms. The predicted octanol–water partition coefficient (Wildman–Crippen LogP) is 6.35. The molecule has 1 aromatic heterocycles. The van der Waals surface area contributed by atoms with Gasteiger partial charge in [-0.25, -0.2) is 0 Å². The zero-order chi connectivity index (χ0) is 24.3. The van der Waals surface area contributed by atoms with Crippen LogP contribution in [0.3, 0.4) is 0 Å². The monoisotopic (exact) mass is 492 g/mol. The molecule has 0 fully saturated rings. The average molecular weight is 493 g/mol. The van der Waals surface area contributed by atoms with Crippen molar-refractivity contribution in [3.63, 3.8) is 0 Å². The number of benzene rings is 2. The summed E-state index contributed by atoms with van der Waals surface area (Å²) in [7, 11) is 0. The lowest BCUT2D eigenvalue weighted by molar-refractivity contribution is -0.143. The largest absolute Gasteiger partial charge is 0.492 e. The van der Waals surface area contributed by atoms with Gasteiger partial charge in [-0.3, -0.25) is 9.89 Å². The number of carbonyl (C=O) groups excluding carboxylic acids is 1. The van der Waals surface area contributed by atoms with Crippen LogP contribution < -0.4 is 4.74 Å². The molecule has 9 heteroatoms. The van der Waals surface area contributed by atoms with E-state index in [1.54, 1.807) is 43.3 Å². The van der Waals surface area contributed by atoms with E-state index >= 15 is 0 Å². The summed E-state index contributed by atoms with van der Waals surface area (Å²) in [5.74, 6) is 0.205. The molecule has 0 saturated heterocycles. The third-order valence-electron chi connectivity index (χ3n) is 5.92. The number of aromatic nitrogens is 2. The van der Waals surface area contributed by atoms with Crippen LogP contribution in [0, 0.1) is 0 Å². The van der Waals surface area contributed by atoms with Crippen molar-refractivity contribution in [3.05, 3.63) is 69.9 Å². The number of hydrogen-bond donors (Lipinski definition) is 1. The topological polar surface area (TPSA) is 64.2 Å². The summed E-state index contributed by atoms with van der Waals surface area (Å²) in [6.45, 7) is 2.10. The van der Waals surface area contributed by atoms with Crippen LogP contribution in [0.4, 0.5) is 13.2 Å². The minimum atomic E-state index is -4.56. The number of aromatic amines is 1. The number of carbonyl (C=O) groups is 1. The van der Waals surface area contributed by atoms with Crippen molar-refractivity contribution in [2.24, 2.45) is 0 Å². The number of hydrogen-bond acceptors (Lipinski definition) is 4. The zero-order valence-electron chi connectivity index (χ0n) is 18.5. The Morgan fingerprint density at radius 2 is 2.00 bits per heavy atom. The summed E-state index contributed by atoms with van der Waals surface area (Å²) >= 11 is 6.42. The Kier molecular flexibility index (Phi) is 7.16. The number of nitrogens with one attached hydrogen (secondary N) is 1. The molecule has 3 aromatic rings. The lowest BCUT2D eigenvalue weighted by Gasteiger charge is -2.14. The van der Waals surface area contributed by atoms with Crippen LogP contribution in [0.2, 0.25) is 5.02 Å². The molecule has 0 bridgehead atoms. The molecular formula is C25H24ClF3N2O3. The fraction of sp³-hybridized carbons (Fsp3) is 0.360. The Hall–Kier alpha value is -3.00. The second-order valence-corrected chi connectivity index (χ2v) is 8.52. The highest BCUT2D eigenvalue weighted by atomic mass is 35.5. The summed E-state index contributed by atoms with van der Waals surface area (Å²) in [6.07, 6.45) is -2.70. The number of aryl methyl sites for hydroxylation is 1. The maximum Gasteiger partial charge on any atom is 0.433 e. The van der Waals surface area contributed by atoms with Gasteiger partial charge in [0.05, 0.1) is 30.4 Å². The third kappa shape index (κ3) is 5.22. The van der Waals surface area contributed by atoms with Gasteiger partial charge in [0, 0.05) is 17.5 Å². The molecule has 1 heterocycles. The minimum absolute atomic E-state index is 0.00549. The molecule has 2 aromatic carbocycles. The van der Waals surface area contributed by atoms with Crippen LogP contribution >= 0.6 is 11.6 Å². The first kappa shape index (κ1) is 24.1. The lowest BCUT2D eigenvalue weighted by Crippen LogP contribution is -2.12. The molecule has 0 aliphatic heterocycles. The SMILES string of the molecule is CCOC(=O)C[C@@H]1CCc2cc(OCCc3c(-c4ccccc4)n[nH]c3C(F)(F)F)c(Cl)cc21. The van der Waals surface area contributed by atoms with Crippen LogP contribution in [0.1, 0.15) is 48.1 Å². The van der Waals surface area contributed by atoms with E-state index in [1.165, 1.54) is 0 Å². The maximum absolute atomic E-state index is 13.6. The summed E-state index contributed by atoms with van der Waals surface area (Å²) in [6, 6.07) is 12.3. The van der Waals surface area contributed by atoms with Crippen molar-refractivity contribution in [1.82, 2.24) is 10.2 Å². The van der Waals surface area contributed by atoms with E-state index in [9.17, 15) is 18.0 Å². The summed E-state index contributed by atoms with van der Waals surface area (Å²) in [5, 5.41) is 6.43. The number of H-pyrrole nitrogens is 1. The molecule has 0 radical (unpaired) electrons. The molecular weight excluding hydrogens is 469 g/mol. The van der Waals surface area contributed by atoms with E-state index in [4.69, 9.17) is 21.1 Å². The normalized spacial score (nSPS) is 15.3. The second-order valence-electron chi connectivity index (χ2n) is 8.11. The summed E-state index contributed by atoms with van der Waals surface area (Å²) < 4.78 is 51.5. The predicted molar refractivity (Wildman–Crippen MR) is 122 cm³/mol. The van der Waals surface area contributed by atoms with E-state index in [2.05, 4.69) is 10.2 Å². The number of ether oxygens (including phenoxy) is 2. The fourth-order valence-corrected chi connectivity index (χ4v) is 4.60. The van der Waals surface area contributed by atoms with Crippen molar-refractivity contribution in [2.45, 2.75) is 44.7 Å². The van der Waals surface area contributed by atoms with E-state index in [1.807, 2.05) is 6.07 Å². The number of nitrogens with zero attached hydrogens (tertiary/aromatic N) is 1. The van der Waals surface area contributed by atoms with Gasteiger partial charge in [0.2, 0.25) is 0 Å². The van der Waals surface area contributed by atoms with Gasteiger partial charge < -0.3 is 9.47 Å². The lowest BCUT2D eigenvalue weighted by atomic mass is 9.98. The molecule has 1 atom stereocenters. The van der Waals surface area contributed by atoms with Crippen molar-refractivity contribution < 1.29 is 27.4 Å². The zero-order valence-corrected chi connectivity index (χ0v) is 19.3. The number of rotatable bonds is 8. The quantitative estimate of drug-likeness (QED) is 0.372. The van der Waals surface area contributed by atoms with Gasteiger partial charge in [-0.05, 0) is 48.9 Å². The third-order valence-corrected chi connectivity index (χ3v) is 6.22. The molecule has 4 rings (SSSR count). The first-order chi connectivity index (χ1) is 16.3. The van der Waals surface area contributed by atoms with Gasteiger partial charge in [-0.2, -0.15) is 18.3 Å². The Morgan fingerprint density at radius 1 is 1.24 bits per heavy atom. The molecule has 180 valence electrons. The minimum Gasteiger partial charge on any atom is -0.492 e. The van der Waals surface area contributed by atoms with Crippen molar-refractivity contribution >= 4 is 17.6 Å². The molecule has 0 amide bonds. The highest BCUT2D eigenvalue weighted by Gasteiger charge is 2.37. The molecule has 1 aliphatic carbocycles. The van der Waals surface area contributed by atoms with Crippen LogP contribution in [0.5, 0.6) is 5.75 Å². The molecule has 0 saturated carbocycles. The molecule has 5 nitrogen and oxygen atoms in total. The van der Waals surface area contributed by atoms with E-state index < -0.39 is 11.9 Å². The molecule has 1 aliphatic rings. The van der Waals surface area contributed by atoms with Gasteiger partial charge in [-0.1, -0.05) is 41.9 Å². The Labute approximate surface area is 200 Å². The first-order valence-corrected chi connectivity index (χ1v) is 11.5.